The van der Waals surface area contributed by atoms with Gasteiger partial charge in [-0.2, -0.15) is 4.31 Å². The summed E-state index contributed by atoms with van der Waals surface area (Å²) < 4.78 is 25.7. The Morgan fingerprint density at radius 3 is 2.48 bits per heavy atom. The number of aliphatic hydroxyl groups is 1. The molecular weight excluding hydrogens is 314 g/mol. The topological polar surface area (TPSA) is 73.2 Å². The normalized spacial score (nSPS) is 18.3. The maximum atomic E-state index is 12.2. The molecule has 0 aromatic rings. The van der Waals surface area contributed by atoms with Gasteiger partial charge in [-0.3, -0.25) is 4.99 Å². The minimum atomic E-state index is -3.45. The molecule has 0 amide bonds. The molecule has 1 heterocycles. The van der Waals surface area contributed by atoms with Crippen molar-refractivity contribution < 1.29 is 13.5 Å². The number of aliphatic imine (C=N–C) groups is 1. The van der Waals surface area contributed by atoms with Crippen LogP contribution in [0.1, 0.15) is 0 Å². The molecule has 0 aromatic carbocycles. The third-order valence-electron chi connectivity index (χ3n) is 3.19. The second kappa shape index (κ2) is 9.94. The Morgan fingerprint density at radius 2 is 1.91 bits per heavy atom. The van der Waals surface area contributed by atoms with Crippen LogP contribution in [0.3, 0.4) is 0 Å². The van der Waals surface area contributed by atoms with Crippen LogP contribution in [0.15, 0.2) is 65.8 Å². The van der Waals surface area contributed by atoms with Gasteiger partial charge in [-0.1, -0.05) is 31.4 Å². The number of sulfonamides is 1. The SMILES string of the molecule is C=C/C=N\C=C\S(=O)(=O)N1CCN(/C(C=C)=C/C=C/CO)CC1. The van der Waals surface area contributed by atoms with Crippen molar-refractivity contribution >= 4 is 16.2 Å². The molecule has 0 atom stereocenters. The van der Waals surface area contributed by atoms with Crippen molar-refractivity contribution in [3.63, 3.8) is 0 Å². The Morgan fingerprint density at radius 1 is 1.22 bits per heavy atom. The summed E-state index contributed by atoms with van der Waals surface area (Å²) in [6, 6.07) is 0. The standard InChI is InChI=1S/C16H23N3O3S/c1-3-8-17-9-15-23(21,22)19-12-10-18(11-13-19)16(4-2)7-5-6-14-20/h3-9,15,20H,1-2,10-14H2/b6-5+,15-9+,16-7+,17-8-. The lowest BCUT2D eigenvalue weighted by atomic mass is 10.2. The van der Waals surface area contributed by atoms with Gasteiger partial charge in [0.25, 0.3) is 0 Å². The summed E-state index contributed by atoms with van der Waals surface area (Å²) in [5.41, 5.74) is 0.901. The number of rotatable bonds is 8. The van der Waals surface area contributed by atoms with Crippen molar-refractivity contribution in [1.29, 1.82) is 0 Å². The zero-order valence-corrected chi connectivity index (χ0v) is 13.9. The summed E-state index contributed by atoms with van der Waals surface area (Å²) >= 11 is 0. The predicted molar refractivity (Wildman–Crippen MR) is 94.4 cm³/mol. The fraction of sp³-hybridized carbons (Fsp3) is 0.312. The van der Waals surface area contributed by atoms with E-state index in [0.29, 0.717) is 26.2 Å². The molecule has 0 radical (unpaired) electrons. The average Bonchev–Trinajstić information content (AvgIpc) is 2.56. The van der Waals surface area contributed by atoms with Gasteiger partial charge in [-0.15, -0.1) is 0 Å². The van der Waals surface area contributed by atoms with Crippen LogP contribution in [-0.2, 0) is 10.0 Å². The first-order chi connectivity index (χ1) is 11.0. The van der Waals surface area contributed by atoms with E-state index in [-0.39, 0.29) is 6.61 Å². The molecule has 0 aromatic heterocycles. The second-order valence-electron chi connectivity index (χ2n) is 4.66. The molecule has 1 aliphatic rings. The van der Waals surface area contributed by atoms with Crippen LogP contribution in [0.25, 0.3) is 0 Å². The number of hydrogen-bond donors (Lipinski definition) is 1. The van der Waals surface area contributed by atoms with Gasteiger partial charge in [0.15, 0.2) is 0 Å². The van der Waals surface area contributed by atoms with E-state index in [1.807, 2.05) is 6.08 Å². The van der Waals surface area contributed by atoms with Crippen molar-refractivity contribution in [1.82, 2.24) is 9.21 Å². The van der Waals surface area contributed by atoms with Crippen LogP contribution < -0.4 is 0 Å². The van der Waals surface area contributed by atoms with Crippen molar-refractivity contribution in [2.45, 2.75) is 0 Å². The van der Waals surface area contributed by atoms with Gasteiger partial charge in [0.05, 0.1) is 12.0 Å². The molecule has 1 rings (SSSR count). The number of allylic oxidation sites excluding steroid dienone is 4. The lowest BCUT2D eigenvalue weighted by Crippen LogP contribution is -2.47. The Kier molecular flexibility index (Phi) is 8.25. The fourth-order valence-corrected chi connectivity index (χ4v) is 3.11. The largest absolute Gasteiger partial charge is 0.392 e. The molecule has 0 spiro atoms. The molecule has 23 heavy (non-hydrogen) atoms. The first-order valence-corrected chi connectivity index (χ1v) is 8.71. The molecule has 7 heteroatoms. The molecule has 0 saturated carbocycles. The maximum absolute atomic E-state index is 12.2. The smallest absolute Gasteiger partial charge is 0.237 e. The van der Waals surface area contributed by atoms with E-state index < -0.39 is 10.0 Å². The zero-order valence-electron chi connectivity index (χ0n) is 13.1. The molecule has 0 unspecified atom stereocenters. The van der Waals surface area contributed by atoms with E-state index in [1.165, 1.54) is 22.8 Å². The molecule has 126 valence electrons. The highest BCUT2D eigenvalue weighted by atomic mass is 32.2. The lowest BCUT2D eigenvalue weighted by molar-refractivity contribution is 0.235. The van der Waals surface area contributed by atoms with Crippen molar-refractivity contribution in [2.24, 2.45) is 4.99 Å². The molecule has 6 nitrogen and oxygen atoms in total. The number of aliphatic hydroxyl groups excluding tert-OH is 1. The molecule has 1 aliphatic heterocycles. The monoisotopic (exact) mass is 337 g/mol. The highest BCUT2D eigenvalue weighted by molar-refractivity contribution is 7.92. The third kappa shape index (κ3) is 6.35. The zero-order chi connectivity index (χ0) is 17.1. The summed E-state index contributed by atoms with van der Waals surface area (Å²) in [5.74, 6) is 0. The number of hydrogen-bond acceptors (Lipinski definition) is 5. The van der Waals surface area contributed by atoms with Gasteiger partial charge in [-0.25, -0.2) is 8.42 Å². The second-order valence-corrected chi connectivity index (χ2v) is 6.47. The summed E-state index contributed by atoms with van der Waals surface area (Å²) in [7, 11) is -3.45. The van der Waals surface area contributed by atoms with E-state index in [9.17, 15) is 8.42 Å². The Labute approximate surface area is 138 Å². The molecule has 1 fully saturated rings. The van der Waals surface area contributed by atoms with Crippen LogP contribution in [0.4, 0.5) is 0 Å². The molecule has 0 aliphatic carbocycles. The van der Waals surface area contributed by atoms with E-state index in [4.69, 9.17) is 5.11 Å². The predicted octanol–water partition coefficient (Wildman–Crippen LogP) is 1.28. The fourth-order valence-electron chi connectivity index (χ4n) is 2.04. The van der Waals surface area contributed by atoms with Crippen LogP contribution in [-0.4, -0.2) is 61.7 Å². The van der Waals surface area contributed by atoms with Gasteiger partial charge in [-0.05, 0) is 12.2 Å². The van der Waals surface area contributed by atoms with Crippen LogP contribution in [0.5, 0.6) is 0 Å². The number of piperazine rings is 1. The van der Waals surface area contributed by atoms with Crippen molar-refractivity contribution in [3.05, 3.63) is 60.8 Å². The van der Waals surface area contributed by atoms with E-state index in [2.05, 4.69) is 23.1 Å². The molecule has 0 bridgehead atoms. The Balaban J connectivity index is 2.67. The van der Waals surface area contributed by atoms with Crippen LogP contribution in [0.2, 0.25) is 0 Å². The van der Waals surface area contributed by atoms with Crippen molar-refractivity contribution in [2.75, 3.05) is 32.8 Å². The Hall–Kier alpha value is -1.96. The van der Waals surface area contributed by atoms with Gasteiger partial charge in [0.2, 0.25) is 10.0 Å². The summed E-state index contributed by atoms with van der Waals surface area (Å²) in [4.78, 5) is 5.83. The third-order valence-corrected chi connectivity index (χ3v) is 4.74. The van der Waals surface area contributed by atoms with Gasteiger partial charge in [0, 0.05) is 44.3 Å². The van der Waals surface area contributed by atoms with E-state index >= 15 is 0 Å². The average molecular weight is 337 g/mol. The molecule has 1 N–H and O–H groups in total. The highest BCUT2D eigenvalue weighted by Crippen LogP contribution is 2.14. The summed E-state index contributed by atoms with van der Waals surface area (Å²) in [6.45, 7) is 9.16. The van der Waals surface area contributed by atoms with Gasteiger partial charge < -0.3 is 10.0 Å². The first kappa shape index (κ1) is 19.1. The minimum Gasteiger partial charge on any atom is -0.392 e. The number of nitrogens with zero attached hydrogens (tertiary/aromatic N) is 3. The van der Waals surface area contributed by atoms with Crippen molar-refractivity contribution in [3.8, 4) is 0 Å². The first-order valence-electron chi connectivity index (χ1n) is 7.21. The summed E-state index contributed by atoms with van der Waals surface area (Å²) in [5, 5.41) is 9.83. The van der Waals surface area contributed by atoms with Crippen LogP contribution >= 0.6 is 0 Å². The summed E-state index contributed by atoms with van der Waals surface area (Å²) in [6.07, 6.45) is 11.1. The van der Waals surface area contributed by atoms with E-state index in [0.717, 1.165) is 11.1 Å². The molecule has 1 saturated heterocycles. The van der Waals surface area contributed by atoms with Gasteiger partial charge in [0.1, 0.15) is 0 Å². The molecular formula is C16H23N3O3S. The lowest BCUT2D eigenvalue weighted by Gasteiger charge is -2.35. The minimum absolute atomic E-state index is 0.0202. The maximum Gasteiger partial charge on any atom is 0.237 e. The highest BCUT2D eigenvalue weighted by Gasteiger charge is 2.25. The van der Waals surface area contributed by atoms with E-state index in [1.54, 1.807) is 18.2 Å². The van der Waals surface area contributed by atoms with Gasteiger partial charge >= 0.3 is 0 Å². The quantitative estimate of drug-likeness (QED) is 0.535. The van der Waals surface area contributed by atoms with Crippen LogP contribution in [0, 0.1) is 0 Å². The Bertz CT molecular complexity index is 610.